The van der Waals surface area contributed by atoms with Crippen LogP contribution in [0.2, 0.25) is 0 Å². The van der Waals surface area contributed by atoms with E-state index < -0.39 is 0 Å². The molecule has 1 amide bonds. The first-order chi connectivity index (χ1) is 14.2. The Morgan fingerprint density at radius 2 is 1.59 bits per heavy atom. The first-order valence-corrected chi connectivity index (χ1v) is 9.59. The average Bonchev–Trinajstić information content (AvgIpc) is 2.79. The molecule has 1 N–H and O–H groups in total. The van der Waals surface area contributed by atoms with E-state index in [1.165, 1.54) is 24.1 Å². The molecule has 1 fully saturated rings. The second kappa shape index (κ2) is 8.68. The van der Waals surface area contributed by atoms with Crippen LogP contribution in [0.15, 0.2) is 67.0 Å². The fourth-order valence-electron chi connectivity index (χ4n) is 3.33. The van der Waals surface area contributed by atoms with E-state index >= 15 is 0 Å². The highest BCUT2D eigenvalue weighted by Crippen LogP contribution is 2.17. The van der Waals surface area contributed by atoms with Crippen molar-refractivity contribution in [1.82, 2.24) is 14.9 Å². The fourth-order valence-corrected chi connectivity index (χ4v) is 3.33. The molecule has 1 aliphatic heterocycles. The SMILES string of the molecule is O=C(c1cnc(NCc2ccccc2F)nc1)N1CCN(c2ccccc2)CC1. The molecule has 4 rings (SSSR count). The van der Waals surface area contributed by atoms with Gasteiger partial charge in [0.1, 0.15) is 5.82 Å². The van der Waals surface area contributed by atoms with Gasteiger partial charge in [-0.2, -0.15) is 0 Å². The molecule has 6 nitrogen and oxygen atoms in total. The van der Waals surface area contributed by atoms with E-state index in [4.69, 9.17) is 0 Å². The fraction of sp³-hybridized carbons (Fsp3) is 0.227. The highest BCUT2D eigenvalue weighted by atomic mass is 19.1. The predicted molar refractivity (Wildman–Crippen MR) is 110 cm³/mol. The standard InChI is InChI=1S/C22H22FN5O/c23-20-9-5-4-6-17(20)14-24-22-25-15-18(16-26-22)21(29)28-12-10-27(11-13-28)19-7-2-1-3-8-19/h1-9,15-16H,10-14H2,(H,24,25,26). The van der Waals surface area contributed by atoms with Gasteiger partial charge in [-0.3, -0.25) is 4.79 Å². The molecule has 3 aromatic rings. The molecule has 0 bridgehead atoms. The van der Waals surface area contributed by atoms with E-state index in [-0.39, 0.29) is 18.3 Å². The average molecular weight is 391 g/mol. The number of carbonyl (C=O) groups excluding carboxylic acids is 1. The van der Waals surface area contributed by atoms with Crippen LogP contribution >= 0.6 is 0 Å². The van der Waals surface area contributed by atoms with E-state index in [9.17, 15) is 9.18 Å². The van der Waals surface area contributed by atoms with Gasteiger partial charge in [-0.05, 0) is 18.2 Å². The number of carbonyl (C=O) groups is 1. The molecule has 0 saturated carbocycles. The van der Waals surface area contributed by atoms with Crippen molar-refractivity contribution in [2.75, 3.05) is 36.4 Å². The number of nitrogens with zero attached hydrogens (tertiary/aromatic N) is 4. The van der Waals surface area contributed by atoms with Crippen LogP contribution in [0, 0.1) is 5.82 Å². The number of para-hydroxylation sites is 1. The summed E-state index contributed by atoms with van der Waals surface area (Å²) in [4.78, 5) is 25.2. The van der Waals surface area contributed by atoms with Gasteiger partial charge in [-0.1, -0.05) is 36.4 Å². The summed E-state index contributed by atoms with van der Waals surface area (Å²) < 4.78 is 13.7. The zero-order valence-corrected chi connectivity index (χ0v) is 16.0. The number of hydrogen-bond acceptors (Lipinski definition) is 5. The largest absolute Gasteiger partial charge is 0.368 e. The molecule has 29 heavy (non-hydrogen) atoms. The summed E-state index contributed by atoms with van der Waals surface area (Å²) >= 11 is 0. The predicted octanol–water partition coefficient (Wildman–Crippen LogP) is 3.19. The topological polar surface area (TPSA) is 61.4 Å². The van der Waals surface area contributed by atoms with E-state index in [0.717, 1.165) is 13.1 Å². The maximum Gasteiger partial charge on any atom is 0.257 e. The summed E-state index contributed by atoms with van der Waals surface area (Å²) in [6, 6.07) is 16.7. The first kappa shape index (κ1) is 18.9. The van der Waals surface area contributed by atoms with Gasteiger partial charge < -0.3 is 15.1 Å². The van der Waals surface area contributed by atoms with Crippen LogP contribution in [0.3, 0.4) is 0 Å². The van der Waals surface area contributed by atoms with E-state index in [0.29, 0.717) is 30.2 Å². The second-order valence-corrected chi connectivity index (χ2v) is 6.86. The minimum atomic E-state index is -0.276. The zero-order valence-electron chi connectivity index (χ0n) is 16.0. The minimum absolute atomic E-state index is 0.0710. The lowest BCUT2D eigenvalue weighted by molar-refractivity contribution is 0.0746. The number of rotatable bonds is 5. The molecule has 1 saturated heterocycles. The number of halogens is 1. The van der Waals surface area contributed by atoms with Crippen LogP contribution in [-0.4, -0.2) is 47.0 Å². The van der Waals surface area contributed by atoms with Gasteiger partial charge in [0.25, 0.3) is 5.91 Å². The Hall–Kier alpha value is -3.48. The molecular formula is C22H22FN5O. The molecule has 1 aromatic heterocycles. The third-order valence-corrected chi connectivity index (χ3v) is 4.98. The molecule has 0 spiro atoms. The number of aromatic nitrogens is 2. The van der Waals surface area contributed by atoms with Gasteiger partial charge in [0, 0.05) is 56.4 Å². The van der Waals surface area contributed by atoms with Gasteiger partial charge in [0.15, 0.2) is 0 Å². The van der Waals surface area contributed by atoms with Gasteiger partial charge >= 0.3 is 0 Å². The Morgan fingerprint density at radius 1 is 0.931 bits per heavy atom. The maximum atomic E-state index is 13.7. The van der Waals surface area contributed by atoms with Gasteiger partial charge in [-0.25, -0.2) is 14.4 Å². The third kappa shape index (κ3) is 4.51. The molecule has 0 radical (unpaired) electrons. The van der Waals surface area contributed by atoms with Crippen LogP contribution in [0.5, 0.6) is 0 Å². The van der Waals surface area contributed by atoms with Crippen LogP contribution in [-0.2, 0) is 6.54 Å². The molecule has 148 valence electrons. The van der Waals surface area contributed by atoms with Crippen molar-refractivity contribution in [3.05, 3.63) is 83.9 Å². The van der Waals surface area contributed by atoms with Crippen molar-refractivity contribution in [2.24, 2.45) is 0 Å². The van der Waals surface area contributed by atoms with E-state index in [1.807, 2.05) is 23.1 Å². The lowest BCUT2D eigenvalue weighted by Crippen LogP contribution is -2.48. The van der Waals surface area contributed by atoms with Crippen molar-refractivity contribution in [1.29, 1.82) is 0 Å². The van der Waals surface area contributed by atoms with Crippen LogP contribution in [0.25, 0.3) is 0 Å². The van der Waals surface area contributed by atoms with Crippen LogP contribution in [0.1, 0.15) is 15.9 Å². The zero-order chi connectivity index (χ0) is 20.1. The number of nitrogens with one attached hydrogen (secondary N) is 1. The Morgan fingerprint density at radius 3 is 2.28 bits per heavy atom. The molecule has 2 heterocycles. The Labute approximate surface area is 169 Å². The molecule has 1 aliphatic rings. The monoisotopic (exact) mass is 391 g/mol. The normalized spacial score (nSPS) is 14.0. The smallest absolute Gasteiger partial charge is 0.257 e. The lowest BCUT2D eigenvalue weighted by atomic mass is 10.2. The van der Waals surface area contributed by atoms with Crippen LogP contribution < -0.4 is 10.2 Å². The minimum Gasteiger partial charge on any atom is -0.368 e. The summed E-state index contributed by atoms with van der Waals surface area (Å²) in [5, 5.41) is 2.98. The quantitative estimate of drug-likeness (QED) is 0.724. The molecule has 0 atom stereocenters. The first-order valence-electron chi connectivity index (χ1n) is 9.59. The summed E-state index contributed by atoms with van der Waals surface area (Å²) in [5.74, 6) is 0.0125. The third-order valence-electron chi connectivity index (χ3n) is 4.98. The number of benzene rings is 2. The number of piperazine rings is 1. The highest BCUT2D eigenvalue weighted by Gasteiger charge is 2.22. The molecular weight excluding hydrogens is 369 g/mol. The van der Waals surface area contributed by atoms with Crippen molar-refractivity contribution < 1.29 is 9.18 Å². The summed E-state index contributed by atoms with van der Waals surface area (Å²) in [6.45, 7) is 3.17. The van der Waals surface area contributed by atoms with Crippen molar-refractivity contribution in [2.45, 2.75) is 6.54 Å². The van der Waals surface area contributed by atoms with Crippen molar-refractivity contribution >= 4 is 17.5 Å². The van der Waals surface area contributed by atoms with Crippen molar-refractivity contribution in [3.8, 4) is 0 Å². The maximum absolute atomic E-state index is 13.7. The molecule has 2 aromatic carbocycles. The molecule has 0 unspecified atom stereocenters. The van der Waals surface area contributed by atoms with Gasteiger partial charge in [-0.15, -0.1) is 0 Å². The number of anilines is 2. The van der Waals surface area contributed by atoms with Gasteiger partial charge in [0.05, 0.1) is 5.56 Å². The Bertz CT molecular complexity index is 956. The number of hydrogen-bond donors (Lipinski definition) is 1. The highest BCUT2D eigenvalue weighted by molar-refractivity contribution is 5.93. The summed E-state index contributed by atoms with van der Waals surface area (Å²) in [5.41, 5.74) is 2.16. The Kier molecular flexibility index (Phi) is 5.65. The Balaban J connectivity index is 1.32. The molecule has 7 heteroatoms. The van der Waals surface area contributed by atoms with E-state index in [2.05, 4.69) is 32.3 Å². The van der Waals surface area contributed by atoms with Gasteiger partial charge in [0.2, 0.25) is 5.95 Å². The summed E-state index contributed by atoms with van der Waals surface area (Å²) in [6.07, 6.45) is 3.03. The van der Waals surface area contributed by atoms with E-state index in [1.54, 1.807) is 18.2 Å². The number of amides is 1. The second-order valence-electron chi connectivity index (χ2n) is 6.86. The lowest BCUT2D eigenvalue weighted by Gasteiger charge is -2.36. The van der Waals surface area contributed by atoms with Crippen LogP contribution in [0.4, 0.5) is 16.0 Å². The van der Waals surface area contributed by atoms with Crippen molar-refractivity contribution in [3.63, 3.8) is 0 Å². The summed E-state index contributed by atoms with van der Waals surface area (Å²) in [7, 11) is 0. The molecule has 0 aliphatic carbocycles.